The third-order valence-electron chi connectivity index (χ3n) is 3.67. The first-order valence-corrected chi connectivity index (χ1v) is 8.21. The summed E-state index contributed by atoms with van der Waals surface area (Å²) < 4.78 is 26.7. The second-order valence-electron chi connectivity index (χ2n) is 5.36. The normalized spacial score (nSPS) is 12.4. The molecule has 1 heterocycles. The lowest BCUT2D eigenvalue weighted by Crippen LogP contribution is -2.22. The fourth-order valence-electron chi connectivity index (χ4n) is 2.54. The van der Waals surface area contributed by atoms with Crippen LogP contribution in [0.5, 0.6) is 5.75 Å². The number of pyridine rings is 1. The van der Waals surface area contributed by atoms with Crippen LogP contribution in [0.25, 0.3) is 21.7 Å². The van der Waals surface area contributed by atoms with Crippen molar-refractivity contribution in [3.63, 3.8) is 0 Å². The predicted octanol–water partition coefficient (Wildman–Crippen LogP) is 2.65. The van der Waals surface area contributed by atoms with Crippen LogP contribution < -0.4 is 0 Å². The molecule has 0 saturated carbocycles. The minimum atomic E-state index is -3.68. The topological polar surface area (TPSA) is 70.5 Å². The van der Waals surface area contributed by atoms with E-state index in [2.05, 4.69) is 4.98 Å². The van der Waals surface area contributed by atoms with Crippen molar-refractivity contribution in [2.45, 2.75) is 11.8 Å². The van der Waals surface area contributed by atoms with Crippen LogP contribution >= 0.6 is 0 Å². The maximum atomic E-state index is 12.8. The summed E-state index contributed by atoms with van der Waals surface area (Å²) in [6.45, 7) is 1.80. The second-order valence-corrected chi connectivity index (χ2v) is 7.45. The summed E-state index contributed by atoms with van der Waals surface area (Å²) in [5.41, 5.74) is 1.02. The standard InChI is InChI=1S/C16H16N2O3S/c1-10-8-9-13-14(17-10)15(19)11-6-4-5-7-12(11)16(13)22(20,21)18(2)3/h4-9,19H,1-3H3. The number of aromatic hydroxyl groups is 1. The SMILES string of the molecule is Cc1ccc2c(S(=O)(=O)N(C)C)c3ccccc3c(O)c2n1. The van der Waals surface area contributed by atoms with Gasteiger partial charge in [0, 0.05) is 35.9 Å². The zero-order chi connectivity index (χ0) is 16.1. The van der Waals surface area contributed by atoms with Gasteiger partial charge in [0.25, 0.3) is 0 Å². The Morgan fingerprint density at radius 3 is 2.27 bits per heavy atom. The molecule has 0 unspecified atom stereocenters. The zero-order valence-electron chi connectivity index (χ0n) is 12.5. The third kappa shape index (κ3) is 2.03. The van der Waals surface area contributed by atoms with E-state index in [1.165, 1.54) is 18.4 Å². The van der Waals surface area contributed by atoms with E-state index in [1.807, 2.05) is 0 Å². The number of rotatable bonds is 2. The van der Waals surface area contributed by atoms with Crippen molar-refractivity contribution in [2.24, 2.45) is 0 Å². The summed E-state index contributed by atoms with van der Waals surface area (Å²) in [5, 5.41) is 11.9. The van der Waals surface area contributed by atoms with Crippen molar-refractivity contribution >= 4 is 31.7 Å². The Morgan fingerprint density at radius 2 is 1.64 bits per heavy atom. The number of hydrogen-bond donors (Lipinski definition) is 1. The van der Waals surface area contributed by atoms with E-state index in [0.29, 0.717) is 27.4 Å². The monoisotopic (exact) mass is 316 g/mol. The Kier molecular flexibility index (Phi) is 3.30. The Hall–Kier alpha value is -2.18. The number of sulfonamides is 1. The first-order chi connectivity index (χ1) is 10.3. The van der Waals surface area contributed by atoms with Gasteiger partial charge in [0.2, 0.25) is 10.0 Å². The Bertz CT molecular complexity index is 995. The van der Waals surface area contributed by atoms with Crippen LogP contribution in [0.4, 0.5) is 0 Å². The smallest absolute Gasteiger partial charge is 0.243 e. The lowest BCUT2D eigenvalue weighted by atomic mass is 10.0. The Balaban J connectivity index is 2.65. The maximum Gasteiger partial charge on any atom is 0.243 e. The van der Waals surface area contributed by atoms with Gasteiger partial charge in [-0.15, -0.1) is 0 Å². The largest absolute Gasteiger partial charge is 0.505 e. The van der Waals surface area contributed by atoms with E-state index in [9.17, 15) is 13.5 Å². The average Bonchev–Trinajstić information content (AvgIpc) is 2.48. The van der Waals surface area contributed by atoms with Gasteiger partial charge in [0.15, 0.2) is 0 Å². The first-order valence-electron chi connectivity index (χ1n) is 6.77. The number of phenolic OH excluding ortho intramolecular Hbond substituents is 1. The molecule has 0 spiro atoms. The van der Waals surface area contributed by atoms with E-state index in [4.69, 9.17) is 0 Å². The molecule has 1 aromatic heterocycles. The molecule has 0 saturated heterocycles. The first kappa shape index (κ1) is 14.7. The zero-order valence-corrected chi connectivity index (χ0v) is 13.3. The third-order valence-corrected chi connectivity index (χ3v) is 5.59. The lowest BCUT2D eigenvalue weighted by Gasteiger charge is -2.17. The van der Waals surface area contributed by atoms with Gasteiger partial charge in [-0.3, -0.25) is 0 Å². The van der Waals surface area contributed by atoms with Gasteiger partial charge in [-0.25, -0.2) is 17.7 Å². The molecule has 0 aliphatic heterocycles. The number of aromatic nitrogens is 1. The summed E-state index contributed by atoms with van der Waals surface area (Å²) in [4.78, 5) is 4.50. The molecule has 3 aromatic rings. The molecule has 0 bridgehead atoms. The molecule has 114 valence electrons. The van der Waals surface area contributed by atoms with Crippen molar-refractivity contribution in [3.05, 3.63) is 42.1 Å². The van der Waals surface area contributed by atoms with Crippen LogP contribution in [0.2, 0.25) is 0 Å². The van der Waals surface area contributed by atoms with Gasteiger partial charge in [-0.05, 0) is 19.1 Å². The summed E-state index contributed by atoms with van der Waals surface area (Å²) >= 11 is 0. The molecule has 22 heavy (non-hydrogen) atoms. The lowest BCUT2D eigenvalue weighted by molar-refractivity contribution is 0.486. The number of hydrogen-bond acceptors (Lipinski definition) is 4. The molecule has 0 aliphatic carbocycles. The summed E-state index contributed by atoms with van der Waals surface area (Å²) in [6, 6.07) is 10.3. The van der Waals surface area contributed by atoms with Gasteiger partial charge in [0.1, 0.15) is 11.3 Å². The van der Waals surface area contributed by atoms with Gasteiger partial charge >= 0.3 is 0 Å². The van der Waals surface area contributed by atoms with E-state index in [-0.39, 0.29) is 10.6 Å². The molecule has 0 amide bonds. The highest BCUT2D eigenvalue weighted by Gasteiger charge is 2.26. The van der Waals surface area contributed by atoms with E-state index in [0.717, 1.165) is 0 Å². The molecular weight excluding hydrogens is 300 g/mol. The van der Waals surface area contributed by atoms with Crippen molar-refractivity contribution < 1.29 is 13.5 Å². The average molecular weight is 316 g/mol. The molecule has 0 fully saturated rings. The predicted molar refractivity (Wildman–Crippen MR) is 86.5 cm³/mol. The van der Waals surface area contributed by atoms with Gasteiger partial charge in [0.05, 0.1) is 4.90 Å². The molecular formula is C16H16N2O3S. The fraction of sp³-hybridized carbons (Fsp3) is 0.188. The molecule has 0 aliphatic rings. The van der Waals surface area contributed by atoms with Crippen LogP contribution in [0, 0.1) is 6.92 Å². The highest BCUT2D eigenvalue weighted by atomic mass is 32.2. The summed E-state index contributed by atoms with van der Waals surface area (Å²) in [5.74, 6) is 0.00649. The van der Waals surface area contributed by atoms with Crippen LogP contribution in [0.15, 0.2) is 41.3 Å². The molecule has 0 atom stereocenters. The van der Waals surface area contributed by atoms with E-state index < -0.39 is 10.0 Å². The number of nitrogens with zero attached hydrogens (tertiary/aromatic N) is 2. The number of aryl methyl sites for hydroxylation is 1. The Labute approximate surface area is 128 Å². The molecule has 5 nitrogen and oxygen atoms in total. The molecule has 6 heteroatoms. The number of benzene rings is 2. The van der Waals surface area contributed by atoms with Crippen molar-refractivity contribution in [1.29, 1.82) is 0 Å². The minimum Gasteiger partial charge on any atom is -0.505 e. The van der Waals surface area contributed by atoms with Gasteiger partial charge in [-0.1, -0.05) is 24.3 Å². The summed E-state index contributed by atoms with van der Waals surface area (Å²) in [7, 11) is -0.696. The van der Waals surface area contributed by atoms with E-state index >= 15 is 0 Å². The summed E-state index contributed by atoms with van der Waals surface area (Å²) in [6.07, 6.45) is 0. The van der Waals surface area contributed by atoms with Crippen molar-refractivity contribution in [3.8, 4) is 5.75 Å². The van der Waals surface area contributed by atoms with Gasteiger partial charge < -0.3 is 5.11 Å². The minimum absolute atomic E-state index is 0.00649. The highest BCUT2D eigenvalue weighted by Crippen LogP contribution is 2.39. The maximum absolute atomic E-state index is 12.8. The van der Waals surface area contributed by atoms with Crippen LogP contribution in [-0.2, 0) is 10.0 Å². The van der Waals surface area contributed by atoms with Crippen molar-refractivity contribution in [1.82, 2.24) is 9.29 Å². The molecule has 1 N–H and O–H groups in total. The molecule has 2 aromatic carbocycles. The van der Waals surface area contributed by atoms with Crippen LogP contribution in [0.1, 0.15) is 5.69 Å². The quantitative estimate of drug-likeness (QED) is 0.738. The Morgan fingerprint density at radius 1 is 1.00 bits per heavy atom. The van der Waals surface area contributed by atoms with Crippen molar-refractivity contribution in [2.75, 3.05) is 14.1 Å². The molecule has 0 radical (unpaired) electrons. The second kappa shape index (κ2) is 4.93. The molecule has 3 rings (SSSR count). The van der Waals surface area contributed by atoms with Crippen LogP contribution in [-0.4, -0.2) is 36.9 Å². The number of phenols is 1. The highest BCUT2D eigenvalue weighted by molar-refractivity contribution is 7.89. The van der Waals surface area contributed by atoms with Crippen LogP contribution in [0.3, 0.4) is 0 Å². The fourth-order valence-corrected chi connectivity index (χ4v) is 3.80. The van der Waals surface area contributed by atoms with Gasteiger partial charge in [-0.2, -0.15) is 0 Å². The number of fused-ring (bicyclic) bond motifs is 2. The van der Waals surface area contributed by atoms with E-state index in [1.54, 1.807) is 43.3 Å².